The average molecular weight is 527 g/mol. The molecule has 1 saturated heterocycles. The Labute approximate surface area is 231 Å². The maximum Gasteiger partial charge on any atom is 0.295 e. The number of hydrogen-bond acceptors (Lipinski definition) is 5. The number of benzene rings is 3. The van der Waals surface area contributed by atoms with E-state index in [1.165, 1.54) is 5.56 Å². The van der Waals surface area contributed by atoms with Gasteiger partial charge in [0, 0.05) is 18.7 Å². The van der Waals surface area contributed by atoms with Gasteiger partial charge >= 0.3 is 0 Å². The Morgan fingerprint density at radius 1 is 0.974 bits per heavy atom. The zero-order valence-electron chi connectivity index (χ0n) is 23.7. The quantitative estimate of drug-likeness (QED) is 0.226. The molecule has 1 fully saturated rings. The summed E-state index contributed by atoms with van der Waals surface area (Å²) in [6.07, 6.45) is 0. The van der Waals surface area contributed by atoms with Crippen molar-refractivity contribution in [3.05, 3.63) is 106 Å². The van der Waals surface area contributed by atoms with Crippen molar-refractivity contribution in [1.29, 1.82) is 0 Å². The normalized spacial score (nSPS) is 17.2. The van der Waals surface area contributed by atoms with Crippen molar-refractivity contribution in [2.45, 2.75) is 45.8 Å². The Bertz CT molecular complexity index is 1370. The first kappa shape index (κ1) is 28.1. The molecule has 0 unspecified atom stereocenters. The smallest absolute Gasteiger partial charge is 0.295 e. The molecule has 1 amide bonds. The number of carbonyl (C=O) groups is 2. The van der Waals surface area contributed by atoms with E-state index in [1.54, 1.807) is 29.2 Å². The number of amides is 1. The van der Waals surface area contributed by atoms with Gasteiger partial charge in [0.2, 0.25) is 0 Å². The first-order valence-electron chi connectivity index (χ1n) is 13.3. The van der Waals surface area contributed by atoms with Gasteiger partial charge in [-0.25, -0.2) is 0 Å². The number of ketones is 1. The molecule has 0 spiro atoms. The lowest BCUT2D eigenvalue weighted by atomic mass is 9.85. The number of rotatable bonds is 8. The highest BCUT2D eigenvalue weighted by Crippen LogP contribution is 2.40. The highest BCUT2D eigenvalue weighted by atomic mass is 16.5. The minimum Gasteiger partial charge on any atom is -0.507 e. The van der Waals surface area contributed by atoms with Gasteiger partial charge in [-0.3, -0.25) is 9.59 Å². The van der Waals surface area contributed by atoms with Crippen molar-refractivity contribution in [1.82, 2.24) is 9.80 Å². The second kappa shape index (κ2) is 11.5. The van der Waals surface area contributed by atoms with Gasteiger partial charge in [0.25, 0.3) is 11.7 Å². The molecule has 39 heavy (non-hydrogen) atoms. The third-order valence-electron chi connectivity index (χ3n) is 7.04. The number of likely N-dealkylation sites (N-methyl/N-ethyl adjacent to an activating group) is 1. The zero-order valence-corrected chi connectivity index (χ0v) is 23.7. The Morgan fingerprint density at radius 3 is 2.23 bits per heavy atom. The van der Waals surface area contributed by atoms with E-state index >= 15 is 0 Å². The largest absolute Gasteiger partial charge is 0.507 e. The van der Waals surface area contributed by atoms with E-state index in [4.69, 9.17) is 4.74 Å². The molecule has 3 aromatic carbocycles. The van der Waals surface area contributed by atoms with Gasteiger partial charge < -0.3 is 19.6 Å². The van der Waals surface area contributed by atoms with Crippen LogP contribution in [0.3, 0.4) is 0 Å². The number of likely N-dealkylation sites (tertiary alicyclic amines) is 1. The standard InChI is InChI=1S/C33H38N2O4/c1-22-8-7-9-23(20-22)21-39-27-16-12-25(13-17-27)30(36)28-29(24-10-14-26(15-11-24)33(2,3)4)35(19-18-34(5)6)32(38)31(28)37/h7-17,20,29,36H,18-19,21H2,1-6H3/b30-28+/t29-/m1/s1. The van der Waals surface area contributed by atoms with Crippen LogP contribution in [0.1, 0.15) is 54.6 Å². The summed E-state index contributed by atoms with van der Waals surface area (Å²) in [7, 11) is 3.85. The average Bonchev–Trinajstić information content (AvgIpc) is 3.15. The summed E-state index contributed by atoms with van der Waals surface area (Å²) >= 11 is 0. The number of Topliss-reactive ketones (excluding diaryl/α,β-unsaturated/α-hetero) is 1. The molecule has 0 bridgehead atoms. The molecular weight excluding hydrogens is 488 g/mol. The molecule has 0 aromatic heterocycles. The predicted octanol–water partition coefficient (Wildman–Crippen LogP) is 5.85. The lowest BCUT2D eigenvalue weighted by molar-refractivity contribution is -0.140. The van der Waals surface area contributed by atoms with Crippen LogP contribution in [-0.2, 0) is 21.6 Å². The summed E-state index contributed by atoms with van der Waals surface area (Å²) in [5, 5.41) is 11.4. The van der Waals surface area contributed by atoms with Crippen molar-refractivity contribution in [2.75, 3.05) is 27.2 Å². The number of nitrogens with zero attached hydrogens (tertiary/aromatic N) is 2. The highest BCUT2D eigenvalue weighted by Gasteiger charge is 2.45. The van der Waals surface area contributed by atoms with Crippen LogP contribution in [0, 0.1) is 6.92 Å². The van der Waals surface area contributed by atoms with Crippen molar-refractivity contribution in [3.63, 3.8) is 0 Å². The van der Waals surface area contributed by atoms with Gasteiger partial charge in [-0.05, 0) is 67.4 Å². The van der Waals surface area contributed by atoms with Gasteiger partial charge in [-0.2, -0.15) is 0 Å². The predicted molar refractivity (Wildman–Crippen MR) is 155 cm³/mol. The molecule has 1 atom stereocenters. The fraction of sp³-hybridized carbons (Fsp3) is 0.333. The van der Waals surface area contributed by atoms with Crippen LogP contribution in [0.4, 0.5) is 0 Å². The molecule has 1 heterocycles. The van der Waals surface area contributed by atoms with Crippen LogP contribution in [-0.4, -0.2) is 53.8 Å². The molecule has 3 aromatic rings. The number of ether oxygens (including phenoxy) is 1. The Hall–Kier alpha value is -3.90. The van der Waals surface area contributed by atoms with Crippen LogP contribution in [0.25, 0.3) is 5.76 Å². The van der Waals surface area contributed by atoms with E-state index in [2.05, 4.69) is 26.8 Å². The molecule has 6 heteroatoms. The van der Waals surface area contributed by atoms with E-state index in [0.29, 0.717) is 31.0 Å². The van der Waals surface area contributed by atoms with Crippen LogP contribution >= 0.6 is 0 Å². The van der Waals surface area contributed by atoms with E-state index < -0.39 is 17.7 Å². The Balaban J connectivity index is 1.66. The first-order chi connectivity index (χ1) is 18.5. The van der Waals surface area contributed by atoms with Crippen LogP contribution in [0.15, 0.2) is 78.4 Å². The fourth-order valence-corrected chi connectivity index (χ4v) is 4.76. The summed E-state index contributed by atoms with van der Waals surface area (Å²) in [5.74, 6) is -0.804. The molecule has 1 aliphatic rings. The zero-order chi connectivity index (χ0) is 28.3. The number of hydrogen-bond donors (Lipinski definition) is 1. The SMILES string of the molecule is Cc1cccc(COc2ccc(/C(O)=C3\C(=O)C(=O)N(CCN(C)C)[C@@H]3c3ccc(C(C)(C)C)cc3)cc2)c1. The summed E-state index contributed by atoms with van der Waals surface area (Å²) in [4.78, 5) is 30.0. The topological polar surface area (TPSA) is 70.1 Å². The lowest BCUT2D eigenvalue weighted by Crippen LogP contribution is -2.35. The Morgan fingerprint density at radius 2 is 1.64 bits per heavy atom. The summed E-state index contributed by atoms with van der Waals surface area (Å²) in [6, 6.07) is 22.4. The maximum atomic E-state index is 13.3. The van der Waals surface area contributed by atoms with Crippen LogP contribution in [0.5, 0.6) is 5.75 Å². The van der Waals surface area contributed by atoms with Gasteiger partial charge in [0.1, 0.15) is 18.1 Å². The van der Waals surface area contributed by atoms with E-state index in [9.17, 15) is 14.7 Å². The molecule has 4 rings (SSSR count). The van der Waals surface area contributed by atoms with Crippen LogP contribution < -0.4 is 4.74 Å². The minimum absolute atomic E-state index is 0.0333. The maximum absolute atomic E-state index is 13.3. The van der Waals surface area contributed by atoms with Crippen molar-refractivity contribution in [3.8, 4) is 5.75 Å². The van der Waals surface area contributed by atoms with E-state index in [0.717, 1.165) is 16.7 Å². The van der Waals surface area contributed by atoms with E-state index in [1.807, 2.05) is 68.4 Å². The summed E-state index contributed by atoms with van der Waals surface area (Å²) < 4.78 is 5.91. The van der Waals surface area contributed by atoms with Gasteiger partial charge in [-0.15, -0.1) is 0 Å². The first-order valence-corrected chi connectivity index (χ1v) is 13.3. The molecule has 1 N–H and O–H groups in total. The second-order valence-corrected chi connectivity index (χ2v) is 11.5. The van der Waals surface area contributed by atoms with Crippen molar-refractivity contribution in [2.24, 2.45) is 0 Å². The molecule has 0 saturated carbocycles. The monoisotopic (exact) mass is 526 g/mol. The van der Waals surface area contributed by atoms with Gasteiger partial charge in [-0.1, -0.05) is 74.9 Å². The lowest BCUT2D eigenvalue weighted by Gasteiger charge is -2.27. The number of aryl methyl sites for hydroxylation is 1. The van der Waals surface area contributed by atoms with E-state index in [-0.39, 0.29) is 16.7 Å². The highest BCUT2D eigenvalue weighted by molar-refractivity contribution is 6.46. The summed E-state index contributed by atoms with van der Waals surface area (Å²) in [6.45, 7) is 9.84. The Kier molecular flexibility index (Phi) is 8.26. The summed E-state index contributed by atoms with van der Waals surface area (Å²) in [5.41, 5.74) is 4.71. The van der Waals surface area contributed by atoms with Crippen molar-refractivity contribution < 1.29 is 19.4 Å². The van der Waals surface area contributed by atoms with Gasteiger partial charge in [0.05, 0.1) is 11.6 Å². The third-order valence-corrected chi connectivity index (χ3v) is 7.04. The minimum atomic E-state index is -0.670. The number of carbonyl (C=O) groups excluding carboxylic acids is 2. The molecule has 0 radical (unpaired) electrons. The molecule has 204 valence electrons. The molecule has 0 aliphatic carbocycles. The second-order valence-electron chi connectivity index (χ2n) is 11.5. The van der Waals surface area contributed by atoms with Crippen LogP contribution in [0.2, 0.25) is 0 Å². The van der Waals surface area contributed by atoms with Gasteiger partial charge in [0.15, 0.2) is 0 Å². The molecule has 1 aliphatic heterocycles. The third kappa shape index (κ3) is 6.40. The fourth-order valence-electron chi connectivity index (χ4n) is 4.76. The molecule has 6 nitrogen and oxygen atoms in total. The number of aliphatic hydroxyl groups excluding tert-OH is 1. The van der Waals surface area contributed by atoms with Crippen molar-refractivity contribution >= 4 is 17.4 Å². The molecular formula is C33H38N2O4. The number of aliphatic hydroxyl groups is 1.